The Bertz CT molecular complexity index is 373. The van der Waals surface area contributed by atoms with Crippen LogP contribution in [0.3, 0.4) is 0 Å². The number of nitrogens with zero attached hydrogens (tertiary/aromatic N) is 2. The monoisotopic (exact) mass is 281 g/mol. The van der Waals surface area contributed by atoms with Crippen molar-refractivity contribution in [3.8, 4) is 0 Å². The van der Waals surface area contributed by atoms with Gasteiger partial charge in [0.05, 0.1) is 11.7 Å². The van der Waals surface area contributed by atoms with E-state index in [4.69, 9.17) is 5.10 Å². The summed E-state index contributed by atoms with van der Waals surface area (Å²) in [6.07, 6.45) is 10.7. The van der Waals surface area contributed by atoms with Crippen molar-refractivity contribution in [2.45, 2.75) is 69.8 Å². The molecule has 1 fully saturated rings. The van der Waals surface area contributed by atoms with Crippen molar-refractivity contribution in [2.75, 3.05) is 6.26 Å². The van der Waals surface area contributed by atoms with Gasteiger partial charge in [-0.3, -0.25) is 4.68 Å². The summed E-state index contributed by atoms with van der Waals surface area (Å²) in [5.74, 6) is 0. The Morgan fingerprint density at radius 2 is 2.21 bits per heavy atom. The standard InChI is InChI=1S/C15H27N3S/c1-4-13(5-2)18-10-9-12(17-18)11-16-14-7-6-8-15(14)19-3/h9-10,13-16H,4-8,11H2,1-3H3. The van der Waals surface area contributed by atoms with E-state index in [1.807, 2.05) is 11.8 Å². The molecule has 2 unspecified atom stereocenters. The van der Waals surface area contributed by atoms with Gasteiger partial charge in [0.2, 0.25) is 0 Å². The Kier molecular flexibility index (Phi) is 5.76. The van der Waals surface area contributed by atoms with Crippen molar-refractivity contribution < 1.29 is 0 Å². The molecular weight excluding hydrogens is 254 g/mol. The molecule has 1 aliphatic carbocycles. The summed E-state index contributed by atoms with van der Waals surface area (Å²) in [6.45, 7) is 5.37. The van der Waals surface area contributed by atoms with Crippen molar-refractivity contribution in [3.63, 3.8) is 0 Å². The topological polar surface area (TPSA) is 29.9 Å². The second-order valence-electron chi connectivity index (χ2n) is 5.45. The molecule has 108 valence electrons. The summed E-state index contributed by atoms with van der Waals surface area (Å²) >= 11 is 2.00. The molecule has 4 heteroatoms. The molecule has 1 heterocycles. The van der Waals surface area contributed by atoms with E-state index in [9.17, 15) is 0 Å². The molecule has 0 aliphatic heterocycles. The van der Waals surface area contributed by atoms with Gasteiger partial charge >= 0.3 is 0 Å². The van der Waals surface area contributed by atoms with Crippen LogP contribution < -0.4 is 5.32 Å². The van der Waals surface area contributed by atoms with Gasteiger partial charge in [0.25, 0.3) is 0 Å². The van der Waals surface area contributed by atoms with E-state index in [0.717, 1.165) is 24.6 Å². The predicted molar refractivity (Wildman–Crippen MR) is 83.6 cm³/mol. The number of nitrogens with one attached hydrogen (secondary N) is 1. The fourth-order valence-electron chi connectivity index (χ4n) is 3.02. The van der Waals surface area contributed by atoms with E-state index in [1.54, 1.807) is 0 Å². The van der Waals surface area contributed by atoms with E-state index >= 15 is 0 Å². The molecule has 0 radical (unpaired) electrons. The van der Waals surface area contributed by atoms with Gasteiger partial charge in [-0.25, -0.2) is 0 Å². The van der Waals surface area contributed by atoms with Gasteiger partial charge in [0.1, 0.15) is 0 Å². The highest BCUT2D eigenvalue weighted by Gasteiger charge is 2.25. The molecule has 0 saturated heterocycles. The predicted octanol–water partition coefficient (Wildman–Crippen LogP) is 3.62. The Labute approximate surface area is 121 Å². The summed E-state index contributed by atoms with van der Waals surface area (Å²) in [7, 11) is 0. The number of rotatable bonds is 7. The van der Waals surface area contributed by atoms with Crippen LogP contribution in [-0.2, 0) is 6.54 Å². The summed E-state index contributed by atoms with van der Waals surface area (Å²) in [5.41, 5.74) is 1.18. The van der Waals surface area contributed by atoms with Crippen molar-refractivity contribution in [1.29, 1.82) is 0 Å². The van der Waals surface area contributed by atoms with Gasteiger partial charge in [-0.05, 0) is 38.0 Å². The number of aromatic nitrogens is 2. The highest BCUT2D eigenvalue weighted by atomic mass is 32.2. The molecule has 0 aromatic carbocycles. The first-order valence-electron chi connectivity index (χ1n) is 7.58. The molecule has 0 bridgehead atoms. The van der Waals surface area contributed by atoms with Crippen molar-refractivity contribution >= 4 is 11.8 Å². The van der Waals surface area contributed by atoms with Crippen molar-refractivity contribution in [1.82, 2.24) is 15.1 Å². The van der Waals surface area contributed by atoms with Gasteiger partial charge in [-0.15, -0.1) is 0 Å². The maximum Gasteiger partial charge on any atom is 0.0762 e. The van der Waals surface area contributed by atoms with Crippen LogP contribution in [-0.4, -0.2) is 27.3 Å². The van der Waals surface area contributed by atoms with Gasteiger partial charge in [-0.1, -0.05) is 20.3 Å². The average Bonchev–Trinajstić information content (AvgIpc) is 3.06. The van der Waals surface area contributed by atoms with Crippen molar-refractivity contribution in [2.24, 2.45) is 0 Å². The summed E-state index contributed by atoms with van der Waals surface area (Å²) in [6, 6.07) is 3.39. The molecule has 19 heavy (non-hydrogen) atoms. The van der Waals surface area contributed by atoms with E-state index in [0.29, 0.717) is 12.1 Å². The first-order chi connectivity index (χ1) is 9.28. The van der Waals surface area contributed by atoms with E-state index in [2.05, 4.69) is 42.4 Å². The smallest absolute Gasteiger partial charge is 0.0762 e. The molecule has 2 rings (SSSR count). The fourth-order valence-corrected chi connectivity index (χ4v) is 3.98. The van der Waals surface area contributed by atoms with Gasteiger partial charge < -0.3 is 5.32 Å². The maximum atomic E-state index is 4.71. The van der Waals surface area contributed by atoms with Crippen LogP contribution in [0.5, 0.6) is 0 Å². The lowest BCUT2D eigenvalue weighted by Gasteiger charge is -2.18. The molecule has 1 aromatic heterocycles. The Morgan fingerprint density at radius 3 is 2.89 bits per heavy atom. The van der Waals surface area contributed by atoms with Gasteiger partial charge in [0, 0.05) is 24.0 Å². The Morgan fingerprint density at radius 1 is 1.42 bits per heavy atom. The minimum Gasteiger partial charge on any atom is -0.307 e. The number of hydrogen-bond donors (Lipinski definition) is 1. The minimum atomic E-state index is 0.555. The zero-order chi connectivity index (χ0) is 13.7. The Hall–Kier alpha value is -0.480. The zero-order valence-electron chi connectivity index (χ0n) is 12.4. The molecular formula is C15H27N3S. The normalized spacial score (nSPS) is 23.4. The number of thioether (sulfide) groups is 1. The summed E-state index contributed by atoms with van der Waals surface area (Å²) in [5, 5.41) is 9.19. The van der Waals surface area contributed by atoms with Crippen LogP contribution in [0, 0.1) is 0 Å². The second-order valence-corrected chi connectivity index (χ2v) is 6.53. The maximum absolute atomic E-state index is 4.71. The molecule has 2 atom stereocenters. The third-order valence-electron chi connectivity index (χ3n) is 4.28. The summed E-state index contributed by atoms with van der Waals surface area (Å²) < 4.78 is 2.14. The highest BCUT2D eigenvalue weighted by Crippen LogP contribution is 2.28. The Balaban J connectivity index is 1.86. The average molecular weight is 281 g/mol. The largest absolute Gasteiger partial charge is 0.307 e. The SMILES string of the molecule is CCC(CC)n1ccc(CNC2CCCC2SC)n1. The van der Waals surface area contributed by atoms with Gasteiger partial charge in [-0.2, -0.15) is 16.9 Å². The third-order valence-corrected chi connectivity index (χ3v) is 5.45. The van der Waals surface area contributed by atoms with Crippen LogP contribution in [0.2, 0.25) is 0 Å². The van der Waals surface area contributed by atoms with E-state index < -0.39 is 0 Å². The van der Waals surface area contributed by atoms with Crippen LogP contribution in [0.4, 0.5) is 0 Å². The first-order valence-corrected chi connectivity index (χ1v) is 8.87. The molecule has 0 spiro atoms. The first kappa shape index (κ1) is 14.9. The number of hydrogen-bond acceptors (Lipinski definition) is 3. The fraction of sp³-hybridized carbons (Fsp3) is 0.800. The van der Waals surface area contributed by atoms with E-state index in [-0.39, 0.29) is 0 Å². The molecule has 1 aliphatic rings. The van der Waals surface area contributed by atoms with Crippen LogP contribution in [0.1, 0.15) is 57.7 Å². The molecule has 1 aromatic rings. The minimum absolute atomic E-state index is 0.555. The second kappa shape index (κ2) is 7.34. The lowest BCUT2D eigenvalue weighted by molar-refractivity contribution is 0.422. The lowest BCUT2D eigenvalue weighted by atomic mass is 10.2. The quantitative estimate of drug-likeness (QED) is 0.828. The van der Waals surface area contributed by atoms with Crippen LogP contribution >= 0.6 is 11.8 Å². The highest BCUT2D eigenvalue weighted by molar-refractivity contribution is 7.99. The zero-order valence-corrected chi connectivity index (χ0v) is 13.2. The lowest BCUT2D eigenvalue weighted by Crippen LogP contribution is -2.33. The summed E-state index contributed by atoms with van der Waals surface area (Å²) in [4.78, 5) is 0. The molecule has 1 saturated carbocycles. The molecule has 3 nitrogen and oxygen atoms in total. The van der Waals surface area contributed by atoms with Gasteiger partial charge in [0.15, 0.2) is 0 Å². The van der Waals surface area contributed by atoms with Crippen LogP contribution in [0.25, 0.3) is 0 Å². The van der Waals surface area contributed by atoms with Crippen molar-refractivity contribution in [3.05, 3.63) is 18.0 Å². The molecule has 1 N–H and O–H groups in total. The third kappa shape index (κ3) is 3.76. The van der Waals surface area contributed by atoms with Crippen LogP contribution in [0.15, 0.2) is 12.3 Å². The van der Waals surface area contributed by atoms with E-state index in [1.165, 1.54) is 25.0 Å². The molecule has 0 amide bonds.